The number of carbonyl (C=O) groups is 4. The first-order chi connectivity index (χ1) is 31.0. The molecule has 0 spiro atoms. The first kappa shape index (κ1) is 43.5. The standard InChI is InChI=1S/C49H54N8O7/c1-6-7-21-56(46(58)42(29(2)3)54-48(60)62-4)27-41-50-26-37(51-41)35-18-17-31-23-32(15-16-33(31)24-35)34-19-20-36-40(25-34)64-28-38-44(36)53-45(52-38)39-14-11-22-57(39)47(59)43(55-49(61)63-5)30-12-9-8-10-13-30/h6,8-10,12,14-20,23-25,29-30,37,42-43H,1,7,11,13,21-22,26-28H2,2-5H3,(H,50,51)(H,52,53)(H,54,60)(H,55,61)/t30?,37?,42-,43+/m0/s1. The summed E-state index contributed by atoms with van der Waals surface area (Å²) in [6, 6.07) is 17.3. The van der Waals surface area contributed by atoms with E-state index in [1.807, 2.05) is 56.4 Å². The zero-order chi connectivity index (χ0) is 44.9. The lowest BCUT2D eigenvalue weighted by Gasteiger charge is -2.29. The van der Waals surface area contributed by atoms with E-state index in [1.165, 1.54) is 14.2 Å². The fourth-order valence-electron chi connectivity index (χ4n) is 8.62. The summed E-state index contributed by atoms with van der Waals surface area (Å²) in [7, 11) is 2.57. The predicted molar refractivity (Wildman–Crippen MR) is 245 cm³/mol. The van der Waals surface area contributed by atoms with Crippen molar-refractivity contribution in [1.82, 2.24) is 35.7 Å². The number of benzene rings is 3. The van der Waals surface area contributed by atoms with Gasteiger partial charge in [0.25, 0.3) is 0 Å². The van der Waals surface area contributed by atoms with Crippen LogP contribution in [-0.2, 0) is 25.7 Å². The van der Waals surface area contributed by atoms with Gasteiger partial charge in [-0.3, -0.25) is 14.6 Å². The number of aliphatic imine (C=N–C) groups is 1. The zero-order valence-electron chi connectivity index (χ0n) is 36.6. The molecule has 0 bridgehead atoms. The normalized spacial score (nSPS) is 18.2. The number of methoxy groups -OCH3 is 2. The van der Waals surface area contributed by atoms with E-state index < -0.39 is 24.3 Å². The van der Waals surface area contributed by atoms with Gasteiger partial charge in [-0.05, 0) is 76.9 Å². The summed E-state index contributed by atoms with van der Waals surface area (Å²) in [5.41, 5.74) is 6.25. The first-order valence-corrected chi connectivity index (χ1v) is 21.7. The third kappa shape index (κ3) is 9.15. The number of fused-ring (bicyclic) bond motifs is 4. The molecule has 0 saturated heterocycles. The molecule has 4 amide bonds. The van der Waals surface area contributed by atoms with Crippen LogP contribution in [0.4, 0.5) is 9.59 Å². The van der Waals surface area contributed by atoms with Crippen LogP contribution >= 0.6 is 0 Å². The zero-order valence-corrected chi connectivity index (χ0v) is 36.6. The Kier molecular flexibility index (Phi) is 13.0. The number of hydrogen-bond donors (Lipinski definition) is 4. The Hall–Kier alpha value is -7.16. The SMILES string of the molecule is C=CCCN(CC1=NCC(c2ccc3cc(-c4ccc5c(c4)OCc4[nH]c(C6=CCCN6C(=O)[C@H](NC(=O)OC)C6C=CC=CC6)nc4-5)ccc3c2)N1)C(=O)[C@@H](NC(=O)OC)C(C)C. The number of allylic oxidation sites excluding steroid dienone is 3. The number of rotatable bonds is 14. The molecule has 332 valence electrons. The molecular formula is C49H54N8O7. The van der Waals surface area contributed by atoms with Crippen LogP contribution in [0.2, 0.25) is 0 Å². The predicted octanol–water partition coefficient (Wildman–Crippen LogP) is 7.05. The Labute approximate surface area is 372 Å². The van der Waals surface area contributed by atoms with Crippen molar-refractivity contribution in [2.45, 2.75) is 57.8 Å². The van der Waals surface area contributed by atoms with Crippen molar-refractivity contribution in [1.29, 1.82) is 0 Å². The minimum absolute atomic E-state index is 0.0552. The van der Waals surface area contributed by atoms with Crippen LogP contribution in [-0.4, -0.2) is 102 Å². The molecule has 15 nitrogen and oxygen atoms in total. The van der Waals surface area contributed by atoms with Crippen LogP contribution in [0.25, 0.3) is 38.9 Å². The first-order valence-electron chi connectivity index (χ1n) is 21.7. The molecule has 2 unspecified atom stereocenters. The molecule has 8 rings (SSSR count). The number of hydrogen-bond acceptors (Lipinski definition) is 10. The lowest BCUT2D eigenvalue weighted by Crippen LogP contribution is -2.53. The second kappa shape index (κ2) is 19.1. The minimum atomic E-state index is -0.802. The van der Waals surface area contributed by atoms with Gasteiger partial charge >= 0.3 is 12.2 Å². The van der Waals surface area contributed by atoms with E-state index in [-0.39, 0.29) is 36.2 Å². The van der Waals surface area contributed by atoms with Crippen molar-refractivity contribution in [3.05, 3.63) is 115 Å². The number of alkyl carbamates (subject to hydrolysis) is 2. The van der Waals surface area contributed by atoms with Gasteiger partial charge < -0.3 is 44.9 Å². The molecular weight excluding hydrogens is 813 g/mol. The molecule has 64 heavy (non-hydrogen) atoms. The molecule has 4 atom stereocenters. The number of nitrogens with one attached hydrogen (secondary N) is 4. The fourth-order valence-corrected chi connectivity index (χ4v) is 8.62. The van der Waals surface area contributed by atoms with Gasteiger partial charge in [-0.15, -0.1) is 6.58 Å². The Morgan fingerprint density at radius 2 is 1.77 bits per heavy atom. The summed E-state index contributed by atoms with van der Waals surface area (Å²) >= 11 is 0. The van der Waals surface area contributed by atoms with E-state index in [1.54, 1.807) is 15.9 Å². The highest BCUT2D eigenvalue weighted by molar-refractivity contribution is 5.95. The van der Waals surface area contributed by atoms with E-state index >= 15 is 0 Å². The number of nitrogens with zero attached hydrogens (tertiary/aromatic N) is 4. The lowest BCUT2D eigenvalue weighted by atomic mass is 9.91. The highest BCUT2D eigenvalue weighted by atomic mass is 16.5. The fraction of sp³-hybridized carbons (Fsp3) is 0.347. The summed E-state index contributed by atoms with van der Waals surface area (Å²) in [4.78, 5) is 68.7. The number of amides is 4. The third-order valence-corrected chi connectivity index (χ3v) is 12.1. The average molecular weight is 867 g/mol. The number of imidazole rings is 1. The highest BCUT2D eigenvalue weighted by Gasteiger charge is 2.37. The van der Waals surface area contributed by atoms with Crippen molar-refractivity contribution >= 4 is 46.3 Å². The smallest absolute Gasteiger partial charge is 0.407 e. The molecule has 0 saturated carbocycles. The number of ether oxygens (including phenoxy) is 3. The van der Waals surface area contributed by atoms with Gasteiger partial charge in [0.15, 0.2) is 5.82 Å². The molecule has 15 heteroatoms. The maximum absolute atomic E-state index is 14.1. The number of H-pyrrole nitrogens is 1. The molecule has 4 heterocycles. The number of carbonyl (C=O) groups excluding carboxylic acids is 4. The van der Waals surface area contributed by atoms with Crippen LogP contribution in [0.5, 0.6) is 5.75 Å². The maximum Gasteiger partial charge on any atom is 0.407 e. The van der Waals surface area contributed by atoms with Gasteiger partial charge in [0.05, 0.1) is 50.4 Å². The van der Waals surface area contributed by atoms with E-state index in [0.717, 1.165) is 50.2 Å². The Morgan fingerprint density at radius 1 is 1.00 bits per heavy atom. The molecule has 0 radical (unpaired) electrons. The molecule has 4 aliphatic rings. The van der Waals surface area contributed by atoms with E-state index in [2.05, 4.69) is 70.0 Å². The topological polar surface area (TPSA) is 180 Å². The van der Waals surface area contributed by atoms with Crippen molar-refractivity contribution in [3.63, 3.8) is 0 Å². The number of amidine groups is 1. The Balaban J connectivity index is 0.944. The molecule has 4 aromatic rings. The second-order valence-corrected chi connectivity index (χ2v) is 16.6. The van der Waals surface area contributed by atoms with Crippen molar-refractivity contribution in [2.75, 3.05) is 40.4 Å². The van der Waals surface area contributed by atoms with Gasteiger partial charge in [0.1, 0.15) is 30.3 Å². The Morgan fingerprint density at radius 3 is 2.53 bits per heavy atom. The highest BCUT2D eigenvalue weighted by Crippen LogP contribution is 2.41. The van der Waals surface area contributed by atoms with Gasteiger partial charge in [-0.1, -0.05) is 80.6 Å². The molecule has 0 fully saturated rings. The molecule has 1 aliphatic carbocycles. The molecule has 4 N–H and O–H groups in total. The average Bonchev–Trinajstić information content (AvgIpc) is 4.11. The maximum atomic E-state index is 14.1. The van der Waals surface area contributed by atoms with Crippen LogP contribution in [0, 0.1) is 11.8 Å². The second-order valence-electron chi connectivity index (χ2n) is 16.6. The van der Waals surface area contributed by atoms with Crippen LogP contribution < -0.4 is 20.7 Å². The lowest BCUT2D eigenvalue weighted by molar-refractivity contribution is -0.133. The van der Waals surface area contributed by atoms with Crippen LogP contribution in [0.1, 0.15) is 56.2 Å². The largest absolute Gasteiger partial charge is 0.487 e. The van der Waals surface area contributed by atoms with E-state index in [4.69, 9.17) is 24.2 Å². The van der Waals surface area contributed by atoms with Crippen LogP contribution in [0.3, 0.4) is 0 Å². The van der Waals surface area contributed by atoms with Gasteiger partial charge in [-0.2, -0.15) is 0 Å². The summed E-state index contributed by atoms with van der Waals surface area (Å²) in [5, 5.41) is 11.2. The molecule has 3 aromatic carbocycles. The minimum Gasteiger partial charge on any atom is -0.487 e. The third-order valence-electron chi connectivity index (χ3n) is 12.1. The van der Waals surface area contributed by atoms with Gasteiger partial charge in [-0.25, -0.2) is 14.6 Å². The van der Waals surface area contributed by atoms with E-state index in [0.29, 0.717) is 62.9 Å². The van der Waals surface area contributed by atoms with Crippen molar-refractivity contribution in [3.8, 4) is 28.1 Å². The van der Waals surface area contributed by atoms with Crippen LogP contribution in [0.15, 0.2) is 103 Å². The Bertz CT molecular complexity index is 2590. The monoisotopic (exact) mass is 866 g/mol. The molecule has 1 aromatic heterocycles. The quantitative estimate of drug-likeness (QED) is 0.0967. The molecule has 3 aliphatic heterocycles. The number of aromatic nitrogens is 2. The van der Waals surface area contributed by atoms with E-state index in [9.17, 15) is 19.2 Å². The van der Waals surface area contributed by atoms with Crippen molar-refractivity contribution in [2.24, 2.45) is 16.8 Å². The summed E-state index contributed by atoms with van der Waals surface area (Å²) in [6.45, 7) is 9.61. The summed E-state index contributed by atoms with van der Waals surface area (Å²) in [5.74, 6) is 1.23. The summed E-state index contributed by atoms with van der Waals surface area (Å²) in [6.07, 6.45) is 12.1. The van der Waals surface area contributed by atoms with Crippen molar-refractivity contribution < 1.29 is 33.4 Å². The number of aromatic amines is 1. The van der Waals surface area contributed by atoms with Gasteiger partial charge in [0.2, 0.25) is 11.8 Å². The van der Waals surface area contributed by atoms with Gasteiger partial charge in [0, 0.05) is 24.6 Å². The summed E-state index contributed by atoms with van der Waals surface area (Å²) < 4.78 is 15.9.